The Hall–Kier alpha value is -1.83. The van der Waals surface area contributed by atoms with E-state index in [2.05, 4.69) is 31.2 Å². The molecular weight excluding hydrogens is 248 g/mol. The molecule has 0 aromatic heterocycles. The molecule has 0 unspecified atom stereocenters. The van der Waals surface area contributed by atoms with Crippen LogP contribution in [0.4, 0.5) is 0 Å². The van der Waals surface area contributed by atoms with E-state index in [1.54, 1.807) is 7.11 Å². The maximum Gasteiger partial charge on any atom is 0.146 e. The third-order valence-corrected chi connectivity index (χ3v) is 5.14. The van der Waals surface area contributed by atoms with Gasteiger partial charge in [0.15, 0.2) is 0 Å². The second kappa shape index (κ2) is 3.85. The molecule has 0 N–H and O–H groups in total. The number of methoxy groups -OCH3 is 1. The molecule has 2 aromatic rings. The fourth-order valence-electron chi connectivity index (χ4n) is 3.33. The normalized spacial score (nSPS) is 27.8. The monoisotopic (exact) mass is 266 g/mol. The summed E-state index contributed by atoms with van der Waals surface area (Å²) >= 11 is 0. The van der Waals surface area contributed by atoms with Crippen molar-refractivity contribution in [2.45, 2.75) is 25.7 Å². The Morgan fingerprint density at radius 1 is 1.20 bits per heavy atom. The first-order valence-electron chi connectivity index (χ1n) is 7.26. The minimum Gasteiger partial charge on any atom is -0.497 e. The molecule has 2 fully saturated rings. The van der Waals surface area contributed by atoms with Crippen molar-refractivity contribution in [3.05, 3.63) is 42.0 Å². The summed E-state index contributed by atoms with van der Waals surface area (Å²) in [5.74, 6) is 2.07. The van der Waals surface area contributed by atoms with Crippen molar-refractivity contribution in [3.63, 3.8) is 0 Å². The molecule has 0 bridgehead atoms. The number of fused-ring (bicyclic) bond motifs is 2. The molecule has 2 nitrogen and oxygen atoms in total. The first-order chi connectivity index (χ1) is 9.64. The fraction of sp³-hybridized carbons (Fsp3) is 0.389. The highest BCUT2D eigenvalue weighted by atomic mass is 16.5. The molecule has 4 rings (SSSR count). The van der Waals surface area contributed by atoms with E-state index in [9.17, 15) is 4.79 Å². The Morgan fingerprint density at radius 3 is 2.50 bits per heavy atom. The van der Waals surface area contributed by atoms with Crippen LogP contribution in [-0.4, -0.2) is 12.9 Å². The van der Waals surface area contributed by atoms with Crippen LogP contribution in [0.1, 0.15) is 31.2 Å². The van der Waals surface area contributed by atoms with Gasteiger partial charge in [0, 0.05) is 11.3 Å². The molecule has 2 aliphatic rings. The van der Waals surface area contributed by atoms with E-state index in [1.165, 1.54) is 5.39 Å². The van der Waals surface area contributed by atoms with Gasteiger partial charge in [0.2, 0.25) is 0 Å². The van der Waals surface area contributed by atoms with Crippen molar-refractivity contribution in [1.29, 1.82) is 0 Å². The van der Waals surface area contributed by atoms with E-state index in [4.69, 9.17) is 4.74 Å². The van der Waals surface area contributed by atoms with Crippen molar-refractivity contribution in [1.82, 2.24) is 0 Å². The zero-order valence-electron chi connectivity index (χ0n) is 11.8. The average molecular weight is 266 g/mol. The van der Waals surface area contributed by atoms with E-state index < -0.39 is 0 Å². The van der Waals surface area contributed by atoms with Gasteiger partial charge >= 0.3 is 0 Å². The number of benzene rings is 2. The largest absolute Gasteiger partial charge is 0.497 e. The second-order valence-corrected chi connectivity index (χ2v) is 6.32. The standard InChI is InChI=1S/C18H18O2/c1-11(17(19)18-9-15(18)10-18)12-3-4-14-8-16(20-2)6-5-13(14)7-12/h3-8,11,15H,9-10H2,1-2H3/t11-,15?,18?/m1/s1. The number of carbonyl (C=O) groups excluding carboxylic acids is 1. The van der Waals surface area contributed by atoms with Gasteiger partial charge in [0.1, 0.15) is 11.5 Å². The lowest BCUT2D eigenvalue weighted by Gasteiger charge is -2.14. The van der Waals surface area contributed by atoms with Crippen LogP contribution < -0.4 is 4.74 Å². The number of ether oxygens (including phenoxy) is 1. The van der Waals surface area contributed by atoms with Crippen LogP contribution in [0.2, 0.25) is 0 Å². The third kappa shape index (κ3) is 1.60. The van der Waals surface area contributed by atoms with E-state index in [-0.39, 0.29) is 11.3 Å². The first-order valence-corrected chi connectivity index (χ1v) is 7.26. The molecule has 2 saturated carbocycles. The highest BCUT2D eigenvalue weighted by molar-refractivity contribution is 5.97. The van der Waals surface area contributed by atoms with Gasteiger partial charge in [-0.2, -0.15) is 0 Å². The smallest absolute Gasteiger partial charge is 0.146 e. The van der Waals surface area contributed by atoms with Gasteiger partial charge in [-0.1, -0.05) is 31.2 Å². The number of hydrogen-bond donors (Lipinski definition) is 0. The van der Waals surface area contributed by atoms with Gasteiger partial charge in [-0.3, -0.25) is 4.79 Å². The molecule has 2 aromatic carbocycles. The van der Waals surface area contributed by atoms with Crippen LogP contribution >= 0.6 is 0 Å². The lowest BCUT2D eigenvalue weighted by atomic mass is 9.89. The van der Waals surface area contributed by atoms with E-state index in [1.807, 2.05) is 12.1 Å². The summed E-state index contributed by atoms with van der Waals surface area (Å²) in [6, 6.07) is 12.4. The molecule has 0 saturated heterocycles. The summed E-state index contributed by atoms with van der Waals surface area (Å²) < 4.78 is 5.24. The molecule has 0 aliphatic heterocycles. The summed E-state index contributed by atoms with van der Waals surface area (Å²) in [5, 5.41) is 2.32. The molecule has 0 amide bonds. The highest BCUT2D eigenvalue weighted by Crippen LogP contribution is 2.76. The quantitative estimate of drug-likeness (QED) is 0.838. The lowest BCUT2D eigenvalue weighted by Crippen LogP contribution is -2.15. The van der Waals surface area contributed by atoms with Crippen LogP contribution in [0.5, 0.6) is 5.75 Å². The molecule has 0 spiro atoms. The molecule has 102 valence electrons. The van der Waals surface area contributed by atoms with Gasteiger partial charge in [-0.05, 0) is 47.2 Å². The molecule has 0 heterocycles. The van der Waals surface area contributed by atoms with Crippen LogP contribution in [0.3, 0.4) is 0 Å². The minimum atomic E-state index is 0.0222. The predicted octanol–water partition coefficient (Wildman–Crippen LogP) is 3.93. The van der Waals surface area contributed by atoms with Crippen molar-refractivity contribution in [2.75, 3.05) is 7.11 Å². The Kier molecular flexibility index (Phi) is 2.30. The van der Waals surface area contributed by atoms with Crippen molar-refractivity contribution < 1.29 is 9.53 Å². The summed E-state index contributed by atoms with van der Waals surface area (Å²) in [7, 11) is 1.68. The number of ketones is 1. The highest BCUT2D eigenvalue weighted by Gasteiger charge is 2.74. The Labute approximate surface area is 118 Å². The first kappa shape index (κ1) is 12.0. The zero-order chi connectivity index (χ0) is 13.9. The lowest BCUT2D eigenvalue weighted by molar-refractivity contribution is -0.123. The minimum absolute atomic E-state index is 0.0222. The van der Waals surface area contributed by atoms with Crippen LogP contribution in [0.15, 0.2) is 36.4 Å². The van der Waals surface area contributed by atoms with E-state index >= 15 is 0 Å². The van der Waals surface area contributed by atoms with E-state index in [0.717, 1.165) is 35.5 Å². The third-order valence-electron chi connectivity index (χ3n) is 5.14. The van der Waals surface area contributed by atoms with Crippen molar-refractivity contribution in [3.8, 4) is 5.75 Å². The Morgan fingerprint density at radius 2 is 1.85 bits per heavy atom. The molecule has 0 radical (unpaired) electrons. The summed E-state index contributed by atoms with van der Waals surface area (Å²) in [6.07, 6.45) is 2.28. The van der Waals surface area contributed by atoms with Gasteiger partial charge in [-0.15, -0.1) is 0 Å². The van der Waals surface area contributed by atoms with E-state index in [0.29, 0.717) is 5.78 Å². The topological polar surface area (TPSA) is 26.3 Å². The van der Waals surface area contributed by atoms with Gasteiger partial charge in [0.25, 0.3) is 0 Å². The number of Topliss-reactive ketones (excluding diaryl/α,β-unsaturated/α-hetero) is 1. The summed E-state index contributed by atoms with van der Waals surface area (Å²) in [5.41, 5.74) is 1.24. The summed E-state index contributed by atoms with van der Waals surface area (Å²) in [4.78, 5) is 12.5. The summed E-state index contributed by atoms with van der Waals surface area (Å²) in [6.45, 7) is 2.05. The van der Waals surface area contributed by atoms with Crippen LogP contribution in [-0.2, 0) is 4.79 Å². The fourth-order valence-corrected chi connectivity index (χ4v) is 3.33. The SMILES string of the molecule is COc1ccc2cc([C@@H](C)C(=O)C34CC3C4)ccc2c1. The maximum absolute atomic E-state index is 12.5. The number of rotatable bonds is 4. The average Bonchev–Trinajstić information content (AvgIpc) is 3.34. The number of hydrogen-bond acceptors (Lipinski definition) is 2. The van der Waals surface area contributed by atoms with Gasteiger partial charge in [-0.25, -0.2) is 0 Å². The second-order valence-electron chi connectivity index (χ2n) is 6.32. The molecule has 20 heavy (non-hydrogen) atoms. The molecule has 2 aliphatic carbocycles. The zero-order valence-corrected chi connectivity index (χ0v) is 11.8. The number of carbonyl (C=O) groups is 1. The predicted molar refractivity (Wildman–Crippen MR) is 79.1 cm³/mol. The molecular formula is C18H18O2. The molecule has 2 heteroatoms. The Balaban J connectivity index is 1.68. The van der Waals surface area contributed by atoms with Crippen LogP contribution in [0, 0.1) is 11.3 Å². The molecule has 1 atom stereocenters. The van der Waals surface area contributed by atoms with Gasteiger partial charge < -0.3 is 4.74 Å². The van der Waals surface area contributed by atoms with Crippen molar-refractivity contribution in [2.24, 2.45) is 11.3 Å². The van der Waals surface area contributed by atoms with Crippen LogP contribution in [0.25, 0.3) is 10.8 Å². The Bertz CT molecular complexity index is 710. The van der Waals surface area contributed by atoms with Crippen molar-refractivity contribution >= 4 is 16.6 Å². The van der Waals surface area contributed by atoms with Gasteiger partial charge in [0.05, 0.1) is 7.11 Å². The maximum atomic E-state index is 12.5.